The molecule has 1 heterocycles. The van der Waals surface area contributed by atoms with Crippen LogP contribution in [0.25, 0.3) is 0 Å². The van der Waals surface area contributed by atoms with Crippen LogP contribution in [0.3, 0.4) is 0 Å². The van der Waals surface area contributed by atoms with Gasteiger partial charge in [-0.15, -0.1) is 0 Å². The number of nitrogens with one attached hydrogen (secondary N) is 1. The second-order valence-corrected chi connectivity index (χ2v) is 6.41. The highest BCUT2D eigenvalue weighted by Crippen LogP contribution is 2.31. The number of hydrogen-bond acceptors (Lipinski definition) is 2. The molecule has 20 heavy (non-hydrogen) atoms. The summed E-state index contributed by atoms with van der Waals surface area (Å²) in [6.45, 7) is 7.86. The lowest BCUT2D eigenvalue weighted by Crippen LogP contribution is -2.40. The summed E-state index contributed by atoms with van der Waals surface area (Å²) in [7, 11) is 0. The summed E-state index contributed by atoms with van der Waals surface area (Å²) in [6.07, 6.45) is 9.77. The molecule has 0 aliphatic heterocycles. The van der Waals surface area contributed by atoms with Gasteiger partial charge < -0.3 is 5.32 Å². The van der Waals surface area contributed by atoms with Gasteiger partial charge in [0.05, 0.1) is 0 Å². The van der Waals surface area contributed by atoms with Crippen LogP contribution in [0.2, 0.25) is 0 Å². The van der Waals surface area contributed by atoms with Crippen molar-refractivity contribution in [3.05, 3.63) is 29.6 Å². The summed E-state index contributed by atoms with van der Waals surface area (Å²) < 4.78 is 0. The molecule has 2 rings (SSSR count). The molecule has 1 N–H and O–H groups in total. The smallest absolute Gasteiger partial charge is 0.0419 e. The third kappa shape index (κ3) is 4.31. The first kappa shape index (κ1) is 15.5. The number of nitrogens with zero attached hydrogens (tertiary/aromatic N) is 1. The molecule has 1 aromatic rings. The van der Waals surface area contributed by atoms with Crippen LogP contribution in [0.4, 0.5) is 0 Å². The van der Waals surface area contributed by atoms with E-state index in [-0.39, 0.29) is 0 Å². The Labute approximate surface area is 124 Å². The normalized spacial score (nSPS) is 24.6. The maximum atomic E-state index is 4.65. The fourth-order valence-electron chi connectivity index (χ4n) is 3.52. The quantitative estimate of drug-likeness (QED) is 0.848. The molecule has 0 spiro atoms. The Morgan fingerprint density at radius 2 is 2.15 bits per heavy atom. The second kappa shape index (κ2) is 7.78. The number of pyridine rings is 1. The molecule has 0 saturated heterocycles. The SMILES string of the molecule is CCNC(Cc1ccc(CC)cn1)C1CCCC(C)C1. The number of rotatable bonds is 6. The molecule has 1 saturated carbocycles. The fraction of sp³-hybridized carbons (Fsp3) is 0.722. The first-order valence-corrected chi connectivity index (χ1v) is 8.40. The van der Waals surface area contributed by atoms with E-state index in [1.165, 1.54) is 36.9 Å². The Morgan fingerprint density at radius 3 is 2.75 bits per heavy atom. The number of aryl methyl sites for hydroxylation is 1. The third-order valence-corrected chi connectivity index (χ3v) is 4.74. The maximum Gasteiger partial charge on any atom is 0.0419 e. The van der Waals surface area contributed by atoms with Gasteiger partial charge in [-0.25, -0.2) is 0 Å². The molecule has 1 aliphatic rings. The standard InChI is InChI=1S/C18H30N2/c1-4-15-9-10-17(20-13-15)12-18(19-5-2)16-8-6-7-14(3)11-16/h9-10,13-14,16,18-19H,4-8,11-12H2,1-3H3. The molecule has 3 atom stereocenters. The van der Waals surface area contributed by atoms with E-state index in [0.29, 0.717) is 6.04 Å². The van der Waals surface area contributed by atoms with E-state index in [2.05, 4.69) is 43.2 Å². The molecule has 2 nitrogen and oxygen atoms in total. The summed E-state index contributed by atoms with van der Waals surface area (Å²) in [5.74, 6) is 1.72. The summed E-state index contributed by atoms with van der Waals surface area (Å²) in [6, 6.07) is 5.05. The van der Waals surface area contributed by atoms with Gasteiger partial charge in [-0.1, -0.05) is 39.7 Å². The van der Waals surface area contributed by atoms with Crippen molar-refractivity contribution in [3.63, 3.8) is 0 Å². The topological polar surface area (TPSA) is 24.9 Å². The van der Waals surface area contributed by atoms with E-state index >= 15 is 0 Å². The summed E-state index contributed by atoms with van der Waals surface area (Å²) in [4.78, 5) is 4.65. The Morgan fingerprint density at radius 1 is 1.30 bits per heavy atom. The minimum atomic E-state index is 0.600. The maximum absolute atomic E-state index is 4.65. The molecule has 0 radical (unpaired) electrons. The molecule has 0 bridgehead atoms. The highest BCUT2D eigenvalue weighted by Gasteiger charge is 2.26. The summed E-state index contributed by atoms with van der Waals surface area (Å²) >= 11 is 0. The van der Waals surface area contributed by atoms with Crippen LogP contribution in [0.15, 0.2) is 18.3 Å². The van der Waals surface area contributed by atoms with Crippen LogP contribution in [-0.2, 0) is 12.8 Å². The van der Waals surface area contributed by atoms with Crippen molar-refractivity contribution < 1.29 is 0 Å². The van der Waals surface area contributed by atoms with E-state index < -0.39 is 0 Å². The van der Waals surface area contributed by atoms with Gasteiger partial charge in [0, 0.05) is 24.4 Å². The molecule has 3 unspecified atom stereocenters. The highest BCUT2D eigenvalue weighted by atomic mass is 14.9. The Hall–Kier alpha value is -0.890. The molecule has 0 aromatic carbocycles. The van der Waals surface area contributed by atoms with Crippen molar-refractivity contribution in [2.75, 3.05) is 6.54 Å². The second-order valence-electron chi connectivity index (χ2n) is 6.41. The van der Waals surface area contributed by atoms with E-state index in [1.807, 2.05) is 6.20 Å². The lowest BCUT2D eigenvalue weighted by Gasteiger charge is -2.33. The van der Waals surface area contributed by atoms with Crippen LogP contribution >= 0.6 is 0 Å². The minimum Gasteiger partial charge on any atom is -0.314 e. The monoisotopic (exact) mass is 274 g/mol. The highest BCUT2D eigenvalue weighted by molar-refractivity contribution is 5.15. The van der Waals surface area contributed by atoms with E-state index in [0.717, 1.165) is 31.2 Å². The fourth-order valence-corrected chi connectivity index (χ4v) is 3.52. The van der Waals surface area contributed by atoms with E-state index in [4.69, 9.17) is 0 Å². The summed E-state index contributed by atoms with van der Waals surface area (Å²) in [5, 5.41) is 3.71. The van der Waals surface area contributed by atoms with Gasteiger partial charge in [0.25, 0.3) is 0 Å². The van der Waals surface area contributed by atoms with Crippen molar-refractivity contribution in [2.24, 2.45) is 11.8 Å². The Kier molecular flexibility index (Phi) is 6.03. The molecular weight excluding hydrogens is 244 g/mol. The molecule has 1 aromatic heterocycles. The third-order valence-electron chi connectivity index (χ3n) is 4.74. The van der Waals surface area contributed by atoms with E-state index in [9.17, 15) is 0 Å². The zero-order valence-corrected chi connectivity index (χ0v) is 13.4. The number of likely N-dealkylation sites (N-methyl/N-ethyl adjacent to an activating group) is 1. The first-order valence-electron chi connectivity index (χ1n) is 8.40. The van der Waals surface area contributed by atoms with Crippen LogP contribution in [0.1, 0.15) is 57.7 Å². The van der Waals surface area contributed by atoms with Crippen LogP contribution < -0.4 is 5.32 Å². The van der Waals surface area contributed by atoms with Gasteiger partial charge >= 0.3 is 0 Å². The molecule has 112 valence electrons. The van der Waals surface area contributed by atoms with Gasteiger partial charge in [-0.3, -0.25) is 4.98 Å². The first-order chi connectivity index (χ1) is 9.72. The molecule has 1 fully saturated rings. The minimum absolute atomic E-state index is 0.600. The lowest BCUT2D eigenvalue weighted by molar-refractivity contribution is 0.222. The van der Waals surface area contributed by atoms with Gasteiger partial charge in [-0.05, 0) is 49.3 Å². The molecular formula is C18H30N2. The Bertz CT molecular complexity index is 385. The van der Waals surface area contributed by atoms with Gasteiger partial charge in [0.15, 0.2) is 0 Å². The van der Waals surface area contributed by atoms with Crippen molar-refractivity contribution in [2.45, 2.75) is 65.3 Å². The van der Waals surface area contributed by atoms with Gasteiger partial charge in [0.1, 0.15) is 0 Å². The Balaban J connectivity index is 2.00. The number of hydrogen-bond donors (Lipinski definition) is 1. The largest absolute Gasteiger partial charge is 0.314 e. The summed E-state index contributed by atoms with van der Waals surface area (Å²) in [5.41, 5.74) is 2.58. The van der Waals surface area contributed by atoms with Crippen LogP contribution in [0.5, 0.6) is 0 Å². The van der Waals surface area contributed by atoms with Crippen LogP contribution in [-0.4, -0.2) is 17.6 Å². The molecule has 2 heteroatoms. The van der Waals surface area contributed by atoms with E-state index in [1.54, 1.807) is 0 Å². The average molecular weight is 274 g/mol. The predicted molar refractivity (Wildman–Crippen MR) is 85.9 cm³/mol. The van der Waals surface area contributed by atoms with Gasteiger partial charge in [0.2, 0.25) is 0 Å². The van der Waals surface area contributed by atoms with Crippen LogP contribution in [0, 0.1) is 11.8 Å². The molecule has 1 aliphatic carbocycles. The lowest BCUT2D eigenvalue weighted by atomic mass is 9.77. The zero-order valence-electron chi connectivity index (χ0n) is 13.4. The van der Waals surface area contributed by atoms with Crippen molar-refractivity contribution >= 4 is 0 Å². The predicted octanol–water partition coefficient (Wildman–Crippen LogP) is 3.99. The van der Waals surface area contributed by atoms with Crippen molar-refractivity contribution in [1.82, 2.24) is 10.3 Å². The van der Waals surface area contributed by atoms with Crippen molar-refractivity contribution in [1.29, 1.82) is 0 Å². The average Bonchev–Trinajstić information content (AvgIpc) is 2.47. The molecule has 0 amide bonds. The zero-order chi connectivity index (χ0) is 14.4. The van der Waals surface area contributed by atoms with Crippen molar-refractivity contribution in [3.8, 4) is 0 Å². The van der Waals surface area contributed by atoms with Gasteiger partial charge in [-0.2, -0.15) is 0 Å². The number of aromatic nitrogens is 1.